The first-order chi connectivity index (χ1) is 8.32. The molecule has 0 N–H and O–H groups in total. The molecule has 3 aromatic rings. The summed E-state index contributed by atoms with van der Waals surface area (Å²) in [6, 6.07) is 8.77. The molecular formula is C12H9O3PS. The van der Waals surface area contributed by atoms with Crippen LogP contribution in [-0.2, 0) is 11.8 Å². The minimum Gasteiger partial charge on any atom is -0.463 e. The topological polar surface area (TPSA) is 39.4 Å². The number of hydrogen-bond acceptors (Lipinski definition) is 4. The van der Waals surface area contributed by atoms with E-state index in [1.165, 1.54) is 0 Å². The van der Waals surface area contributed by atoms with Gasteiger partial charge in [-0.05, 0) is 36.4 Å². The Morgan fingerprint density at radius 2 is 1.06 bits per heavy atom. The summed E-state index contributed by atoms with van der Waals surface area (Å²) in [7, 11) is 0. The van der Waals surface area contributed by atoms with Crippen molar-refractivity contribution in [2.24, 2.45) is 0 Å². The summed E-state index contributed by atoms with van der Waals surface area (Å²) < 4.78 is 16.4. The molecular weight excluding hydrogens is 255 g/mol. The molecule has 0 aromatic carbocycles. The van der Waals surface area contributed by atoms with E-state index in [0.29, 0.717) is 0 Å². The lowest BCUT2D eigenvalue weighted by atomic mass is 10.7. The van der Waals surface area contributed by atoms with Gasteiger partial charge >= 0.3 is 0 Å². The maximum Gasteiger partial charge on any atom is 0.149 e. The zero-order valence-corrected chi connectivity index (χ0v) is 10.5. The van der Waals surface area contributed by atoms with Gasteiger partial charge in [0.25, 0.3) is 0 Å². The van der Waals surface area contributed by atoms with Crippen LogP contribution in [0.3, 0.4) is 0 Å². The zero-order chi connectivity index (χ0) is 11.7. The molecule has 0 unspecified atom stereocenters. The van der Waals surface area contributed by atoms with Gasteiger partial charge in [-0.25, -0.2) is 0 Å². The Balaban J connectivity index is 2.26. The second-order valence-corrected chi connectivity index (χ2v) is 7.65. The number of rotatable bonds is 3. The Kier molecular flexibility index (Phi) is 2.54. The van der Waals surface area contributed by atoms with Crippen LogP contribution in [0, 0.1) is 0 Å². The number of hydrogen-bond donors (Lipinski definition) is 0. The SMILES string of the molecule is S=P(c1ccco1)(c1ccco1)c1ccco1. The molecule has 3 aromatic heterocycles. The van der Waals surface area contributed by atoms with Crippen LogP contribution >= 0.6 is 6.04 Å². The molecule has 0 fully saturated rings. The average molecular weight is 264 g/mol. The van der Waals surface area contributed by atoms with E-state index >= 15 is 0 Å². The second kappa shape index (κ2) is 4.06. The zero-order valence-electron chi connectivity index (χ0n) is 8.78. The van der Waals surface area contributed by atoms with Crippen LogP contribution in [0.2, 0.25) is 0 Å². The predicted molar refractivity (Wildman–Crippen MR) is 69.3 cm³/mol. The van der Waals surface area contributed by atoms with Gasteiger partial charge in [0.2, 0.25) is 0 Å². The lowest BCUT2D eigenvalue weighted by molar-refractivity contribution is 0.584. The Labute approximate surface area is 103 Å². The Bertz CT molecular complexity index is 532. The van der Waals surface area contributed by atoms with Crippen molar-refractivity contribution in [1.82, 2.24) is 0 Å². The molecule has 3 nitrogen and oxygen atoms in total. The summed E-state index contributed by atoms with van der Waals surface area (Å²) in [5.74, 6) is 0. The van der Waals surface area contributed by atoms with Crippen LogP contribution in [0.5, 0.6) is 0 Å². The fourth-order valence-corrected chi connectivity index (χ4v) is 4.78. The Morgan fingerprint density at radius 3 is 1.29 bits per heavy atom. The van der Waals surface area contributed by atoms with Crippen molar-refractivity contribution in [2.75, 3.05) is 0 Å². The van der Waals surface area contributed by atoms with E-state index in [9.17, 15) is 0 Å². The van der Waals surface area contributed by atoms with Crippen molar-refractivity contribution in [1.29, 1.82) is 0 Å². The second-order valence-electron chi connectivity index (χ2n) is 3.46. The molecule has 3 heterocycles. The number of furan rings is 3. The lowest BCUT2D eigenvalue weighted by Crippen LogP contribution is -2.21. The summed E-state index contributed by atoms with van der Waals surface area (Å²) >= 11 is 5.79. The Morgan fingerprint density at radius 1 is 0.706 bits per heavy atom. The predicted octanol–water partition coefficient (Wildman–Crippen LogP) is 2.22. The largest absolute Gasteiger partial charge is 0.463 e. The van der Waals surface area contributed by atoms with Crippen molar-refractivity contribution in [2.45, 2.75) is 0 Å². The monoisotopic (exact) mass is 264 g/mol. The molecule has 5 heteroatoms. The molecule has 0 aliphatic rings. The molecule has 0 saturated carbocycles. The van der Waals surface area contributed by atoms with Gasteiger partial charge in [0, 0.05) is 0 Å². The lowest BCUT2D eigenvalue weighted by Gasteiger charge is -2.13. The molecule has 0 saturated heterocycles. The smallest absolute Gasteiger partial charge is 0.149 e. The van der Waals surface area contributed by atoms with E-state index in [1.54, 1.807) is 18.8 Å². The van der Waals surface area contributed by atoms with E-state index in [1.807, 2.05) is 36.4 Å². The first kappa shape index (κ1) is 10.6. The van der Waals surface area contributed by atoms with Gasteiger partial charge in [-0.2, -0.15) is 0 Å². The molecule has 0 radical (unpaired) electrons. The first-order valence-electron chi connectivity index (χ1n) is 5.04. The van der Waals surface area contributed by atoms with Crippen molar-refractivity contribution >= 4 is 34.3 Å². The summed E-state index contributed by atoms with van der Waals surface area (Å²) in [5, 5.41) is 0. The average Bonchev–Trinajstić information content (AvgIpc) is 3.10. The molecule has 17 heavy (non-hydrogen) atoms. The van der Waals surface area contributed by atoms with Gasteiger partial charge in [0.05, 0.1) is 18.8 Å². The minimum atomic E-state index is -2.30. The third-order valence-electron chi connectivity index (χ3n) is 2.45. The molecule has 3 rings (SSSR count). The van der Waals surface area contributed by atoms with Gasteiger partial charge in [-0.1, -0.05) is 11.8 Å². The summed E-state index contributed by atoms with van der Waals surface area (Å²) in [6.45, 7) is 0. The quantitative estimate of drug-likeness (QED) is 0.680. The van der Waals surface area contributed by atoms with Crippen LogP contribution in [0.15, 0.2) is 68.4 Å². The maximum atomic E-state index is 5.79. The van der Waals surface area contributed by atoms with E-state index < -0.39 is 6.04 Å². The molecule has 0 aliphatic heterocycles. The van der Waals surface area contributed by atoms with E-state index in [2.05, 4.69) is 0 Å². The van der Waals surface area contributed by atoms with Crippen LogP contribution < -0.4 is 16.5 Å². The van der Waals surface area contributed by atoms with E-state index in [-0.39, 0.29) is 0 Å². The van der Waals surface area contributed by atoms with Crippen LogP contribution in [0.25, 0.3) is 0 Å². The van der Waals surface area contributed by atoms with Crippen LogP contribution in [0.1, 0.15) is 0 Å². The summed E-state index contributed by atoms with van der Waals surface area (Å²) in [5.41, 5.74) is 2.16. The van der Waals surface area contributed by atoms with Gasteiger partial charge in [0.1, 0.15) is 22.5 Å². The molecule has 0 amide bonds. The fourth-order valence-electron chi connectivity index (χ4n) is 1.67. The highest BCUT2D eigenvalue weighted by Gasteiger charge is 2.32. The van der Waals surface area contributed by atoms with E-state index in [4.69, 9.17) is 25.1 Å². The van der Waals surface area contributed by atoms with Crippen molar-refractivity contribution in [3.63, 3.8) is 0 Å². The Hall–Kier alpha value is -1.51. The third-order valence-corrected chi connectivity index (χ3v) is 6.69. The fraction of sp³-hybridized carbons (Fsp3) is 0. The molecule has 86 valence electrons. The molecule has 0 spiro atoms. The summed E-state index contributed by atoms with van der Waals surface area (Å²) in [6.07, 6.45) is 4.84. The molecule has 0 aliphatic carbocycles. The highest BCUT2D eigenvalue weighted by molar-refractivity contribution is 8.25. The van der Waals surface area contributed by atoms with Crippen LogP contribution in [-0.4, -0.2) is 0 Å². The standard InChI is InChI=1S/C12H9O3PS/c17-16(10-4-1-7-13-10,11-5-2-8-14-11)12-6-3-9-15-12/h1-9H. The minimum absolute atomic E-state index is 0.720. The highest BCUT2D eigenvalue weighted by Crippen LogP contribution is 2.43. The normalized spacial score (nSPS) is 11.8. The summed E-state index contributed by atoms with van der Waals surface area (Å²) in [4.78, 5) is 0. The van der Waals surface area contributed by atoms with Crippen molar-refractivity contribution in [3.8, 4) is 0 Å². The van der Waals surface area contributed by atoms with Crippen LogP contribution in [0.4, 0.5) is 0 Å². The maximum absolute atomic E-state index is 5.79. The van der Waals surface area contributed by atoms with Gasteiger partial charge in [-0.15, -0.1) is 0 Å². The van der Waals surface area contributed by atoms with Gasteiger partial charge in [-0.3, -0.25) is 0 Å². The van der Waals surface area contributed by atoms with Crippen molar-refractivity contribution < 1.29 is 13.3 Å². The van der Waals surface area contributed by atoms with Gasteiger partial charge < -0.3 is 13.3 Å². The third kappa shape index (κ3) is 1.61. The highest BCUT2D eigenvalue weighted by atomic mass is 32.4. The molecule has 0 bridgehead atoms. The van der Waals surface area contributed by atoms with Gasteiger partial charge in [0.15, 0.2) is 0 Å². The van der Waals surface area contributed by atoms with Crippen molar-refractivity contribution in [3.05, 3.63) is 55.2 Å². The van der Waals surface area contributed by atoms with E-state index in [0.717, 1.165) is 16.5 Å². The molecule has 0 atom stereocenters. The first-order valence-corrected chi connectivity index (χ1v) is 7.84.